The maximum Gasteiger partial charge on any atom is 4.00 e. The quantitative estimate of drug-likeness (QED) is 0.174. The van der Waals surface area contributed by atoms with Crippen LogP contribution >= 0.6 is 0 Å². The molecule has 223 valence electrons. The summed E-state index contributed by atoms with van der Waals surface area (Å²) in [5.74, 6) is 0. The van der Waals surface area contributed by atoms with Crippen molar-refractivity contribution in [3.63, 3.8) is 0 Å². The molecule has 0 bridgehead atoms. The number of hydrogen-bond donors (Lipinski definition) is 0. The molecule has 6 aromatic carbocycles. The summed E-state index contributed by atoms with van der Waals surface area (Å²) >= 11 is 0. The van der Waals surface area contributed by atoms with E-state index in [1.807, 2.05) is 0 Å². The molecule has 0 N–H and O–H groups in total. The fraction of sp³-hybridized carbons (Fsp3) is 0.150. The van der Waals surface area contributed by atoms with Gasteiger partial charge in [-0.05, 0) is 0 Å². The van der Waals surface area contributed by atoms with Crippen LogP contribution in [0.15, 0.2) is 133 Å². The molecule has 0 unspecified atom stereocenters. The SMILES string of the molecule is C[SiH]C.Cc1[cH-]c(C)c(-c2ccccc2)c1-c1ccccc1.Cc1[cH-]c(C)c(-c2ccccc2)c1-c1ccccc1.[Cl-].[Cl-].[Zr+4]. The Morgan fingerprint density at radius 3 is 0.682 bits per heavy atom. The molecule has 6 rings (SSSR count). The molecule has 0 amide bonds. The van der Waals surface area contributed by atoms with Crippen molar-refractivity contribution < 1.29 is 51.0 Å². The number of aryl methyl sites for hydroxylation is 4. The molecule has 0 nitrogen and oxygen atoms in total. The molecule has 4 heteroatoms. The van der Waals surface area contributed by atoms with E-state index in [1.54, 1.807) is 0 Å². The third-order valence-corrected chi connectivity index (χ3v) is 7.19. The Balaban J connectivity index is 0.000000380. The fourth-order valence-corrected chi connectivity index (χ4v) is 5.63. The molecule has 44 heavy (non-hydrogen) atoms. The molecule has 0 aliphatic carbocycles. The fourth-order valence-electron chi connectivity index (χ4n) is 5.63. The van der Waals surface area contributed by atoms with Crippen molar-refractivity contribution in [3.8, 4) is 44.5 Å². The van der Waals surface area contributed by atoms with Crippen molar-refractivity contribution in [1.82, 2.24) is 0 Å². The van der Waals surface area contributed by atoms with E-state index in [0.29, 0.717) is 0 Å². The molecule has 0 heterocycles. The normalized spacial score (nSPS) is 9.59. The summed E-state index contributed by atoms with van der Waals surface area (Å²) in [4.78, 5) is 0. The Hall–Kier alpha value is -2.74. The van der Waals surface area contributed by atoms with Crippen LogP contribution in [0.1, 0.15) is 22.3 Å². The molecule has 1 radical (unpaired) electrons. The molecular formula is C40H41Cl2SiZr. The van der Waals surface area contributed by atoms with Crippen LogP contribution in [-0.2, 0) is 26.2 Å². The van der Waals surface area contributed by atoms with Gasteiger partial charge in [-0.3, -0.25) is 0 Å². The minimum Gasteiger partial charge on any atom is -1.00 e. The Bertz CT molecular complexity index is 1390. The third kappa shape index (κ3) is 9.63. The first-order valence-corrected chi connectivity index (χ1v) is 16.8. The van der Waals surface area contributed by atoms with Gasteiger partial charge in [-0.15, -0.1) is 0 Å². The van der Waals surface area contributed by atoms with Gasteiger partial charge in [-0.1, -0.05) is 184 Å². The van der Waals surface area contributed by atoms with Crippen LogP contribution in [0.25, 0.3) is 44.5 Å². The van der Waals surface area contributed by atoms with Crippen molar-refractivity contribution in [1.29, 1.82) is 0 Å². The van der Waals surface area contributed by atoms with Crippen molar-refractivity contribution in [2.45, 2.75) is 40.8 Å². The van der Waals surface area contributed by atoms with E-state index in [9.17, 15) is 0 Å². The van der Waals surface area contributed by atoms with E-state index in [0.717, 1.165) is 9.52 Å². The summed E-state index contributed by atoms with van der Waals surface area (Å²) < 4.78 is 0. The Labute approximate surface area is 299 Å². The van der Waals surface area contributed by atoms with Gasteiger partial charge >= 0.3 is 26.2 Å². The minimum absolute atomic E-state index is 0. The van der Waals surface area contributed by atoms with Crippen LogP contribution in [-0.4, -0.2) is 9.52 Å². The second kappa shape index (κ2) is 19.6. The van der Waals surface area contributed by atoms with E-state index in [-0.39, 0.29) is 51.0 Å². The van der Waals surface area contributed by atoms with Crippen LogP contribution in [0.4, 0.5) is 0 Å². The predicted octanol–water partition coefficient (Wildman–Crippen LogP) is 5.24. The smallest absolute Gasteiger partial charge is 1.00 e. The van der Waals surface area contributed by atoms with Crippen molar-refractivity contribution in [3.05, 3.63) is 156 Å². The van der Waals surface area contributed by atoms with E-state index >= 15 is 0 Å². The van der Waals surface area contributed by atoms with Crippen molar-refractivity contribution in [2.24, 2.45) is 0 Å². The molecule has 0 atom stereocenters. The molecule has 0 saturated heterocycles. The van der Waals surface area contributed by atoms with Gasteiger partial charge in [-0.2, -0.15) is 56.6 Å². The summed E-state index contributed by atoms with van der Waals surface area (Å²) in [5, 5.41) is 0. The van der Waals surface area contributed by atoms with Gasteiger partial charge in [0.05, 0.1) is 0 Å². The first-order valence-electron chi connectivity index (χ1n) is 14.5. The van der Waals surface area contributed by atoms with Gasteiger partial charge in [0.25, 0.3) is 0 Å². The molecule has 0 saturated carbocycles. The largest absolute Gasteiger partial charge is 4.00 e. The third-order valence-electron chi connectivity index (χ3n) is 7.19. The first kappa shape index (κ1) is 39.3. The molecule has 0 aliphatic rings. The maximum atomic E-state index is 2.28. The van der Waals surface area contributed by atoms with Crippen LogP contribution in [0.5, 0.6) is 0 Å². The first-order chi connectivity index (χ1) is 20.0. The number of hydrogen-bond acceptors (Lipinski definition) is 0. The Kier molecular flexibility index (Phi) is 17.5. The second-order valence-electron chi connectivity index (χ2n) is 10.6. The number of halogens is 2. The van der Waals surface area contributed by atoms with Gasteiger partial charge in [0.2, 0.25) is 0 Å². The van der Waals surface area contributed by atoms with Crippen LogP contribution < -0.4 is 24.8 Å². The Morgan fingerprint density at radius 2 is 0.523 bits per heavy atom. The van der Waals surface area contributed by atoms with Gasteiger partial charge < -0.3 is 24.8 Å². The average molecular weight is 712 g/mol. The van der Waals surface area contributed by atoms with Crippen LogP contribution in [0.3, 0.4) is 0 Å². The van der Waals surface area contributed by atoms with Crippen LogP contribution in [0, 0.1) is 27.7 Å². The second-order valence-corrected chi connectivity index (χ2v) is 11.7. The molecule has 0 spiro atoms. The standard InChI is InChI=1S/2C19H17.C2H7Si.2ClH.Zr/c2*1-14-13-15(2)19(17-11-7-4-8-12-17)18(14)16-9-5-3-6-10-16;1-3-2;;;/h2*3-13H,1-2H3;3H,1-2H3;2*1H;/q2*-1;;;;+4/p-2. The summed E-state index contributed by atoms with van der Waals surface area (Å²) in [7, 11) is 0.750. The van der Waals surface area contributed by atoms with Gasteiger partial charge in [0, 0.05) is 9.52 Å². The predicted molar refractivity (Wildman–Crippen MR) is 184 cm³/mol. The summed E-state index contributed by atoms with van der Waals surface area (Å²) in [6.07, 6.45) is 0. The maximum absolute atomic E-state index is 2.28. The van der Waals surface area contributed by atoms with E-state index in [2.05, 4.69) is 174 Å². The molecular weight excluding hydrogens is 671 g/mol. The van der Waals surface area contributed by atoms with Gasteiger partial charge in [-0.25, -0.2) is 0 Å². The summed E-state index contributed by atoms with van der Waals surface area (Å²) in [6.45, 7) is 13.2. The average Bonchev–Trinajstić information content (AvgIpc) is 3.48. The molecule has 0 aromatic heterocycles. The van der Waals surface area contributed by atoms with Crippen molar-refractivity contribution >= 4 is 9.52 Å². The zero-order valence-electron chi connectivity index (χ0n) is 26.5. The minimum atomic E-state index is 0. The summed E-state index contributed by atoms with van der Waals surface area (Å²) in [6, 6.07) is 47.2. The monoisotopic (exact) mass is 709 g/mol. The van der Waals surface area contributed by atoms with E-state index in [1.165, 1.54) is 66.8 Å². The number of benzene rings is 4. The Morgan fingerprint density at radius 1 is 0.364 bits per heavy atom. The van der Waals surface area contributed by atoms with E-state index in [4.69, 9.17) is 0 Å². The van der Waals surface area contributed by atoms with Gasteiger partial charge in [0.15, 0.2) is 0 Å². The molecule has 0 aliphatic heterocycles. The van der Waals surface area contributed by atoms with Gasteiger partial charge in [0.1, 0.15) is 0 Å². The topological polar surface area (TPSA) is 0 Å². The van der Waals surface area contributed by atoms with E-state index < -0.39 is 0 Å². The zero-order valence-corrected chi connectivity index (χ0v) is 31.7. The molecule has 0 fully saturated rings. The summed E-state index contributed by atoms with van der Waals surface area (Å²) in [5.41, 5.74) is 16.1. The zero-order chi connectivity index (χ0) is 29.2. The molecule has 6 aromatic rings. The number of rotatable bonds is 4. The van der Waals surface area contributed by atoms with Crippen LogP contribution in [0.2, 0.25) is 13.1 Å². The van der Waals surface area contributed by atoms with Crippen molar-refractivity contribution in [2.75, 3.05) is 0 Å².